The van der Waals surface area contributed by atoms with Crippen molar-refractivity contribution >= 4 is 21.8 Å². The molecule has 1 unspecified atom stereocenters. The second kappa shape index (κ2) is 5.69. The summed E-state index contributed by atoms with van der Waals surface area (Å²) < 4.78 is 49.2. The predicted molar refractivity (Wildman–Crippen MR) is 61.7 cm³/mol. The van der Waals surface area contributed by atoms with Crippen LogP contribution in [0, 0.1) is 5.82 Å². The van der Waals surface area contributed by atoms with Gasteiger partial charge in [0.2, 0.25) is 0 Å². The molecule has 1 rings (SSSR count). The van der Waals surface area contributed by atoms with E-state index in [0.717, 1.165) is 6.07 Å². The van der Waals surface area contributed by atoms with Gasteiger partial charge in [0.05, 0.1) is 10.9 Å². The standard InChI is InChI=1S/C11H10BrF4NO/c1-6(5-11(14,15)16)17-10(18)7-2-3-9(13)8(12)4-7/h2-4,6H,5H2,1H3,(H,17,18). The quantitative estimate of drug-likeness (QED) is 0.843. The van der Waals surface area contributed by atoms with E-state index in [1.165, 1.54) is 19.1 Å². The molecule has 1 N–H and O–H groups in total. The number of hydrogen-bond acceptors (Lipinski definition) is 1. The largest absolute Gasteiger partial charge is 0.391 e. The number of benzene rings is 1. The Morgan fingerprint density at radius 3 is 2.56 bits per heavy atom. The number of carbonyl (C=O) groups excluding carboxylic acids is 1. The number of hydrogen-bond donors (Lipinski definition) is 1. The normalized spacial score (nSPS) is 13.2. The molecule has 0 saturated heterocycles. The van der Waals surface area contributed by atoms with E-state index in [1.54, 1.807) is 0 Å². The van der Waals surface area contributed by atoms with Crippen LogP contribution in [-0.2, 0) is 0 Å². The van der Waals surface area contributed by atoms with Crippen molar-refractivity contribution in [2.45, 2.75) is 25.6 Å². The molecule has 0 bridgehead atoms. The Morgan fingerprint density at radius 1 is 1.44 bits per heavy atom. The summed E-state index contributed by atoms with van der Waals surface area (Å²) in [6.45, 7) is 1.25. The summed E-state index contributed by atoms with van der Waals surface area (Å²) in [4.78, 5) is 11.6. The third-order valence-corrected chi connectivity index (χ3v) is 2.70. The van der Waals surface area contributed by atoms with Gasteiger partial charge in [0.1, 0.15) is 5.82 Å². The molecule has 0 aromatic heterocycles. The van der Waals surface area contributed by atoms with Gasteiger partial charge in [0.25, 0.3) is 5.91 Å². The van der Waals surface area contributed by atoms with Crippen molar-refractivity contribution in [3.05, 3.63) is 34.1 Å². The molecule has 0 radical (unpaired) electrons. The van der Waals surface area contributed by atoms with Gasteiger partial charge in [-0.3, -0.25) is 4.79 Å². The molecule has 2 nitrogen and oxygen atoms in total. The van der Waals surface area contributed by atoms with Crippen LogP contribution in [0.15, 0.2) is 22.7 Å². The maximum Gasteiger partial charge on any atom is 0.391 e. The van der Waals surface area contributed by atoms with Gasteiger partial charge >= 0.3 is 6.18 Å². The maximum absolute atomic E-state index is 12.9. The molecule has 0 spiro atoms. The second-order valence-electron chi connectivity index (χ2n) is 3.82. The lowest BCUT2D eigenvalue weighted by atomic mass is 10.1. The van der Waals surface area contributed by atoms with Crippen LogP contribution in [0.4, 0.5) is 17.6 Å². The number of alkyl halides is 3. The fraction of sp³-hybridized carbons (Fsp3) is 0.364. The van der Waals surface area contributed by atoms with E-state index in [9.17, 15) is 22.4 Å². The van der Waals surface area contributed by atoms with Gasteiger partial charge in [-0.2, -0.15) is 13.2 Å². The first-order chi connectivity index (χ1) is 8.19. The van der Waals surface area contributed by atoms with Crippen molar-refractivity contribution in [1.29, 1.82) is 0 Å². The molecular formula is C11H10BrF4NO. The average Bonchev–Trinajstić information content (AvgIpc) is 2.18. The van der Waals surface area contributed by atoms with Crippen LogP contribution >= 0.6 is 15.9 Å². The summed E-state index contributed by atoms with van der Waals surface area (Å²) in [7, 11) is 0. The lowest BCUT2D eigenvalue weighted by Gasteiger charge is -2.15. The zero-order valence-electron chi connectivity index (χ0n) is 9.31. The Morgan fingerprint density at radius 2 is 2.06 bits per heavy atom. The summed E-state index contributed by atoms with van der Waals surface area (Å²) in [5.41, 5.74) is 0.0947. The van der Waals surface area contributed by atoms with E-state index in [4.69, 9.17) is 0 Å². The first kappa shape index (κ1) is 14.9. The zero-order chi connectivity index (χ0) is 13.9. The van der Waals surface area contributed by atoms with Gasteiger partial charge in [-0.25, -0.2) is 4.39 Å². The van der Waals surface area contributed by atoms with Crippen LogP contribution in [0.3, 0.4) is 0 Å². The number of nitrogens with one attached hydrogen (secondary N) is 1. The highest BCUT2D eigenvalue weighted by molar-refractivity contribution is 9.10. The summed E-state index contributed by atoms with van der Waals surface area (Å²) in [6.07, 6.45) is -5.45. The topological polar surface area (TPSA) is 29.1 Å². The van der Waals surface area contributed by atoms with E-state index < -0.39 is 30.4 Å². The van der Waals surface area contributed by atoms with Crippen LogP contribution in [0.1, 0.15) is 23.7 Å². The highest BCUT2D eigenvalue weighted by Crippen LogP contribution is 2.22. The minimum absolute atomic E-state index is 0.0821. The molecule has 0 aliphatic carbocycles. The minimum atomic E-state index is -4.34. The molecule has 18 heavy (non-hydrogen) atoms. The van der Waals surface area contributed by atoms with Crippen LogP contribution in [0.25, 0.3) is 0 Å². The van der Waals surface area contributed by atoms with Crippen molar-refractivity contribution in [2.24, 2.45) is 0 Å². The van der Waals surface area contributed by atoms with Crippen molar-refractivity contribution < 1.29 is 22.4 Å². The summed E-state index contributed by atoms with van der Waals surface area (Å²) in [6, 6.07) is 2.44. The highest BCUT2D eigenvalue weighted by atomic mass is 79.9. The molecule has 7 heteroatoms. The molecule has 1 aromatic carbocycles. The van der Waals surface area contributed by atoms with E-state index in [2.05, 4.69) is 21.2 Å². The van der Waals surface area contributed by atoms with Gasteiger partial charge in [-0.1, -0.05) is 0 Å². The third-order valence-electron chi connectivity index (χ3n) is 2.10. The van der Waals surface area contributed by atoms with Crippen molar-refractivity contribution in [3.63, 3.8) is 0 Å². The number of rotatable bonds is 3. The number of carbonyl (C=O) groups is 1. The van der Waals surface area contributed by atoms with E-state index in [-0.39, 0.29) is 10.0 Å². The molecule has 0 saturated carbocycles. The van der Waals surface area contributed by atoms with Gasteiger partial charge in [0.15, 0.2) is 0 Å². The van der Waals surface area contributed by atoms with Gasteiger partial charge in [-0.15, -0.1) is 0 Å². The van der Waals surface area contributed by atoms with Crippen molar-refractivity contribution in [3.8, 4) is 0 Å². The molecule has 0 heterocycles. The molecule has 0 fully saturated rings. The van der Waals surface area contributed by atoms with Crippen LogP contribution < -0.4 is 5.32 Å². The summed E-state index contributed by atoms with van der Waals surface area (Å²) >= 11 is 2.89. The van der Waals surface area contributed by atoms with Crippen molar-refractivity contribution in [2.75, 3.05) is 0 Å². The zero-order valence-corrected chi connectivity index (χ0v) is 10.9. The molecule has 1 aromatic rings. The molecule has 1 amide bonds. The smallest absolute Gasteiger partial charge is 0.349 e. The minimum Gasteiger partial charge on any atom is -0.349 e. The molecular weight excluding hydrogens is 318 g/mol. The average molecular weight is 328 g/mol. The van der Waals surface area contributed by atoms with E-state index >= 15 is 0 Å². The van der Waals surface area contributed by atoms with Gasteiger partial charge in [0, 0.05) is 11.6 Å². The first-order valence-electron chi connectivity index (χ1n) is 5.01. The first-order valence-corrected chi connectivity index (χ1v) is 5.81. The van der Waals surface area contributed by atoms with E-state index in [1.807, 2.05) is 0 Å². The van der Waals surface area contributed by atoms with Crippen molar-refractivity contribution in [1.82, 2.24) is 5.32 Å². The third kappa shape index (κ3) is 4.64. The SMILES string of the molecule is CC(CC(F)(F)F)NC(=O)c1ccc(F)c(Br)c1. The molecule has 0 aliphatic rings. The second-order valence-corrected chi connectivity index (χ2v) is 4.68. The summed E-state index contributed by atoms with van der Waals surface area (Å²) in [5.74, 6) is -1.22. The lowest BCUT2D eigenvalue weighted by Crippen LogP contribution is -2.35. The fourth-order valence-electron chi connectivity index (χ4n) is 1.34. The van der Waals surface area contributed by atoms with Crippen LogP contribution in [0.2, 0.25) is 0 Å². The maximum atomic E-state index is 12.9. The Labute approximate surface area is 109 Å². The van der Waals surface area contributed by atoms with Crippen LogP contribution in [0.5, 0.6) is 0 Å². The Hall–Kier alpha value is -1.11. The Bertz CT molecular complexity index is 447. The summed E-state index contributed by atoms with van der Waals surface area (Å²) in [5, 5.41) is 2.20. The monoisotopic (exact) mass is 327 g/mol. The highest BCUT2D eigenvalue weighted by Gasteiger charge is 2.30. The number of amides is 1. The molecule has 1 atom stereocenters. The predicted octanol–water partition coefficient (Wildman–Crippen LogP) is 3.66. The van der Waals surface area contributed by atoms with Gasteiger partial charge < -0.3 is 5.32 Å². The van der Waals surface area contributed by atoms with E-state index in [0.29, 0.717) is 0 Å². The van der Waals surface area contributed by atoms with Crippen LogP contribution in [-0.4, -0.2) is 18.1 Å². The fourth-order valence-corrected chi connectivity index (χ4v) is 1.72. The molecule has 0 aliphatic heterocycles. The Balaban J connectivity index is 2.68. The Kier molecular flexibility index (Phi) is 4.72. The van der Waals surface area contributed by atoms with Gasteiger partial charge in [-0.05, 0) is 41.1 Å². The number of halogens is 5. The molecule has 100 valence electrons. The lowest BCUT2D eigenvalue weighted by molar-refractivity contribution is -0.138.